The van der Waals surface area contributed by atoms with Crippen molar-refractivity contribution in [2.45, 2.75) is 17.9 Å². The summed E-state index contributed by atoms with van der Waals surface area (Å²) in [7, 11) is -3.64. The third-order valence-corrected chi connectivity index (χ3v) is 4.60. The number of nitrogens with zero attached hydrogens (tertiary/aromatic N) is 3. The number of hydrogen-bond acceptors (Lipinski definition) is 8. The lowest BCUT2D eigenvalue weighted by atomic mass is 10.3. The minimum absolute atomic E-state index is 0.00956. The van der Waals surface area contributed by atoms with E-state index in [2.05, 4.69) is 25.0 Å². The Balaban J connectivity index is 1.95. The van der Waals surface area contributed by atoms with Gasteiger partial charge in [0.25, 0.3) is 0 Å². The van der Waals surface area contributed by atoms with Crippen LogP contribution < -0.4 is 16.0 Å². The molecular formula is C11H20N6O3S. The van der Waals surface area contributed by atoms with E-state index in [4.69, 9.17) is 10.6 Å². The van der Waals surface area contributed by atoms with E-state index >= 15 is 0 Å². The average Bonchev–Trinajstić information content (AvgIpc) is 2.47. The molecule has 4 N–H and O–H groups in total. The number of anilines is 1. The molecule has 10 heteroatoms. The monoisotopic (exact) mass is 316 g/mol. The molecule has 1 aromatic rings. The summed E-state index contributed by atoms with van der Waals surface area (Å²) in [6.07, 6.45) is 2.43. The Kier molecular flexibility index (Phi) is 5.42. The van der Waals surface area contributed by atoms with Crippen LogP contribution in [0.15, 0.2) is 17.3 Å². The highest BCUT2D eigenvalue weighted by atomic mass is 32.2. The van der Waals surface area contributed by atoms with Gasteiger partial charge in [0.15, 0.2) is 0 Å². The van der Waals surface area contributed by atoms with Crippen LogP contribution in [0.4, 0.5) is 5.95 Å². The highest BCUT2D eigenvalue weighted by Gasteiger charge is 2.21. The van der Waals surface area contributed by atoms with E-state index in [1.807, 2.05) is 6.92 Å². The summed E-state index contributed by atoms with van der Waals surface area (Å²) in [5, 5.41) is 0. The molecule has 2 rings (SSSR count). The van der Waals surface area contributed by atoms with E-state index in [0.29, 0.717) is 19.8 Å². The fraction of sp³-hybridized carbons (Fsp3) is 0.636. The van der Waals surface area contributed by atoms with Crippen LogP contribution in [0.2, 0.25) is 0 Å². The van der Waals surface area contributed by atoms with E-state index in [0.717, 1.165) is 13.1 Å². The van der Waals surface area contributed by atoms with Crippen molar-refractivity contribution in [3.63, 3.8) is 0 Å². The van der Waals surface area contributed by atoms with Gasteiger partial charge < -0.3 is 4.74 Å². The zero-order valence-corrected chi connectivity index (χ0v) is 12.6. The predicted molar refractivity (Wildman–Crippen MR) is 76.9 cm³/mol. The number of ether oxygens (including phenoxy) is 1. The van der Waals surface area contributed by atoms with Gasteiger partial charge in [0.2, 0.25) is 16.0 Å². The molecule has 9 nitrogen and oxygen atoms in total. The molecule has 0 radical (unpaired) electrons. The molecule has 0 aromatic carbocycles. The van der Waals surface area contributed by atoms with Gasteiger partial charge in [-0.2, -0.15) is 0 Å². The number of sulfonamides is 1. The summed E-state index contributed by atoms with van der Waals surface area (Å²) in [6, 6.07) is -0.222. The lowest BCUT2D eigenvalue weighted by Crippen LogP contribution is -2.45. The Hall–Kier alpha value is -1.33. The normalized spacial score (nSPS) is 18.4. The van der Waals surface area contributed by atoms with Crippen molar-refractivity contribution in [1.29, 1.82) is 0 Å². The van der Waals surface area contributed by atoms with Crippen LogP contribution in [0.25, 0.3) is 0 Å². The molecule has 1 aromatic heterocycles. The number of aromatic nitrogens is 2. The molecule has 1 fully saturated rings. The summed E-state index contributed by atoms with van der Waals surface area (Å²) in [5.74, 6) is 5.30. The van der Waals surface area contributed by atoms with Crippen molar-refractivity contribution in [2.75, 3.05) is 38.3 Å². The van der Waals surface area contributed by atoms with Gasteiger partial charge in [-0.25, -0.2) is 29.0 Å². The van der Waals surface area contributed by atoms with E-state index in [9.17, 15) is 8.42 Å². The van der Waals surface area contributed by atoms with Crippen molar-refractivity contribution in [1.82, 2.24) is 19.6 Å². The fourth-order valence-electron chi connectivity index (χ4n) is 2.07. The standard InChI is InChI=1S/C11H20N6O3S/c1-9(8-17-2-4-20-5-3-17)16-21(18,19)10-6-13-11(15-12)14-7-10/h6-7,9,16H,2-5,8,12H2,1H3,(H,13,14,15). The van der Waals surface area contributed by atoms with Crippen molar-refractivity contribution >= 4 is 16.0 Å². The molecule has 1 saturated heterocycles. The minimum Gasteiger partial charge on any atom is -0.379 e. The zero-order valence-electron chi connectivity index (χ0n) is 11.8. The molecule has 0 spiro atoms. The van der Waals surface area contributed by atoms with Crippen LogP contribution in [0.3, 0.4) is 0 Å². The first-order valence-corrected chi connectivity index (χ1v) is 8.10. The number of morpholine rings is 1. The number of hydrazine groups is 1. The van der Waals surface area contributed by atoms with E-state index in [-0.39, 0.29) is 16.9 Å². The summed E-state index contributed by atoms with van der Waals surface area (Å²) >= 11 is 0. The maximum absolute atomic E-state index is 12.2. The molecule has 0 amide bonds. The first-order chi connectivity index (χ1) is 10.0. The Morgan fingerprint density at radius 1 is 1.38 bits per heavy atom. The third-order valence-electron chi connectivity index (χ3n) is 3.06. The number of nitrogen functional groups attached to an aromatic ring is 1. The fourth-order valence-corrected chi connectivity index (χ4v) is 3.19. The summed E-state index contributed by atoms with van der Waals surface area (Å²) < 4.78 is 32.3. The predicted octanol–water partition coefficient (Wildman–Crippen LogP) is -1.24. The molecule has 0 bridgehead atoms. The Bertz CT molecular complexity index is 544. The topological polar surface area (TPSA) is 122 Å². The first kappa shape index (κ1) is 16.0. The molecule has 1 unspecified atom stereocenters. The second-order valence-corrected chi connectivity index (χ2v) is 6.54. The molecule has 0 saturated carbocycles. The lowest BCUT2D eigenvalue weighted by molar-refractivity contribution is 0.0354. The SMILES string of the molecule is CC(CN1CCOCC1)NS(=O)(=O)c1cnc(NN)nc1. The Morgan fingerprint density at radius 2 is 2.00 bits per heavy atom. The summed E-state index contributed by atoms with van der Waals surface area (Å²) in [5.41, 5.74) is 2.24. The number of nitrogens with two attached hydrogens (primary N) is 1. The van der Waals surface area contributed by atoms with Crippen molar-refractivity contribution in [3.05, 3.63) is 12.4 Å². The van der Waals surface area contributed by atoms with Crippen LogP contribution in [0.1, 0.15) is 6.92 Å². The molecule has 1 atom stereocenters. The van der Waals surface area contributed by atoms with Crippen LogP contribution in [0, 0.1) is 0 Å². The van der Waals surface area contributed by atoms with Crippen molar-refractivity contribution in [3.8, 4) is 0 Å². The number of rotatable bonds is 6. The summed E-state index contributed by atoms with van der Waals surface area (Å²) in [4.78, 5) is 9.76. The van der Waals surface area contributed by atoms with Gasteiger partial charge in [-0.15, -0.1) is 0 Å². The van der Waals surface area contributed by atoms with Gasteiger partial charge in [-0.3, -0.25) is 10.3 Å². The highest BCUT2D eigenvalue weighted by molar-refractivity contribution is 7.89. The number of nitrogens with one attached hydrogen (secondary N) is 2. The van der Waals surface area contributed by atoms with Gasteiger partial charge >= 0.3 is 0 Å². The zero-order chi connectivity index (χ0) is 15.3. The second kappa shape index (κ2) is 7.09. The maximum Gasteiger partial charge on any atom is 0.243 e. The van der Waals surface area contributed by atoms with Gasteiger partial charge in [-0.1, -0.05) is 0 Å². The van der Waals surface area contributed by atoms with Gasteiger partial charge in [0, 0.05) is 25.7 Å². The molecule has 2 heterocycles. The molecule has 0 aliphatic carbocycles. The molecule has 1 aliphatic heterocycles. The maximum atomic E-state index is 12.2. The van der Waals surface area contributed by atoms with Crippen molar-refractivity contribution in [2.24, 2.45) is 5.84 Å². The quantitative estimate of drug-likeness (QED) is 0.440. The third kappa shape index (κ3) is 4.58. The average molecular weight is 316 g/mol. The first-order valence-electron chi connectivity index (χ1n) is 6.62. The molecule has 1 aliphatic rings. The van der Waals surface area contributed by atoms with E-state index in [1.165, 1.54) is 12.4 Å². The van der Waals surface area contributed by atoms with Crippen molar-refractivity contribution < 1.29 is 13.2 Å². The Labute approximate surface area is 123 Å². The largest absolute Gasteiger partial charge is 0.379 e. The lowest BCUT2D eigenvalue weighted by Gasteiger charge is -2.29. The number of hydrogen-bond donors (Lipinski definition) is 3. The molecular weight excluding hydrogens is 296 g/mol. The van der Waals surface area contributed by atoms with Crippen LogP contribution in [0.5, 0.6) is 0 Å². The second-order valence-electron chi connectivity index (χ2n) is 4.82. The van der Waals surface area contributed by atoms with E-state index < -0.39 is 10.0 Å². The van der Waals surface area contributed by atoms with Crippen LogP contribution in [-0.2, 0) is 14.8 Å². The van der Waals surface area contributed by atoms with E-state index in [1.54, 1.807) is 0 Å². The highest BCUT2D eigenvalue weighted by Crippen LogP contribution is 2.08. The minimum atomic E-state index is -3.64. The van der Waals surface area contributed by atoms with Crippen LogP contribution in [-0.4, -0.2) is 62.2 Å². The Morgan fingerprint density at radius 3 is 2.57 bits per heavy atom. The van der Waals surface area contributed by atoms with Crippen LogP contribution >= 0.6 is 0 Å². The van der Waals surface area contributed by atoms with Gasteiger partial charge in [0.05, 0.1) is 25.6 Å². The molecule has 21 heavy (non-hydrogen) atoms. The molecule has 118 valence electrons. The van der Waals surface area contributed by atoms with Gasteiger partial charge in [0.1, 0.15) is 4.90 Å². The smallest absolute Gasteiger partial charge is 0.243 e. The summed E-state index contributed by atoms with van der Waals surface area (Å²) in [6.45, 7) is 5.44. The van der Waals surface area contributed by atoms with Gasteiger partial charge in [-0.05, 0) is 6.92 Å².